The number of nitrogens with zero attached hydrogens (tertiary/aromatic N) is 2. The fraction of sp³-hybridized carbons (Fsp3) is 0.467. The number of carbonyl (C=O) groups is 2. The second-order valence-corrected chi connectivity index (χ2v) is 6.10. The van der Waals surface area contributed by atoms with Crippen molar-refractivity contribution in [3.8, 4) is 0 Å². The zero-order valence-electron chi connectivity index (χ0n) is 12.1. The van der Waals surface area contributed by atoms with E-state index in [1.165, 1.54) is 0 Å². The second kappa shape index (κ2) is 7.56. The van der Waals surface area contributed by atoms with Crippen LogP contribution in [-0.4, -0.2) is 54.8 Å². The van der Waals surface area contributed by atoms with Gasteiger partial charge in [-0.15, -0.1) is 0 Å². The molecule has 1 heterocycles. The molecule has 5 nitrogen and oxygen atoms in total. The molecule has 0 saturated carbocycles. The lowest BCUT2D eigenvalue weighted by Gasteiger charge is -2.32. The standard InChI is InChI=1S/C15H20BrN3O2/c1-12-2-3-13(10-14(12)16)17-15(21)4-5-18-6-8-19(11-20)9-7-18/h2-3,10-11H,4-9H2,1H3,(H,17,21). The zero-order chi connectivity index (χ0) is 15.2. The average Bonchev–Trinajstić information content (AvgIpc) is 2.49. The van der Waals surface area contributed by atoms with Gasteiger partial charge in [0.05, 0.1) is 0 Å². The Morgan fingerprint density at radius 1 is 1.33 bits per heavy atom. The average molecular weight is 354 g/mol. The number of carbonyl (C=O) groups excluding carboxylic acids is 2. The summed E-state index contributed by atoms with van der Waals surface area (Å²) in [6.45, 7) is 5.90. The van der Waals surface area contributed by atoms with E-state index >= 15 is 0 Å². The highest BCUT2D eigenvalue weighted by Crippen LogP contribution is 2.20. The van der Waals surface area contributed by atoms with Crippen LogP contribution in [0.15, 0.2) is 22.7 Å². The number of benzene rings is 1. The first kappa shape index (κ1) is 16.0. The Morgan fingerprint density at radius 2 is 2.05 bits per heavy atom. The molecule has 0 atom stereocenters. The first-order valence-corrected chi connectivity index (χ1v) is 7.85. The first-order valence-electron chi connectivity index (χ1n) is 7.06. The molecule has 0 radical (unpaired) electrons. The number of anilines is 1. The highest BCUT2D eigenvalue weighted by atomic mass is 79.9. The smallest absolute Gasteiger partial charge is 0.225 e. The third-order valence-electron chi connectivity index (χ3n) is 3.67. The number of halogens is 1. The number of rotatable bonds is 5. The van der Waals surface area contributed by atoms with Gasteiger partial charge >= 0.3 is 0 Å². The number of hydrogen-bond acceptors (Lipinski definition) is 3. The largest absolute Gasteiger partial charge is 0.343 e. The van der Waals surface area contributed by atoms with Crippen LogP contribution in [0.4, 0.5) is 5.69 Å². The van der Waals surface area contributed by atoms with Crippen LogP contribution in [0.2, 0.25) is 0 Å². The lowest BCUT2D eigenvalue weighted by Crippen LogP contribution is -2.46. The monoisotopic (exact) mass is 353 g/mol. The summed E-state index contributed by atoms with van der Waals surface area (Å²) in [5.41, 5.74) is 1.95. The number of nitrogens with one attached hydrogen (secondary N) is 1. The molecule has 1 aromatic rings. The van der Waals surface area contributed by atoms with Gasteiger partial charge in [-0.05, 0) is 24.6 Å². The SMILES string of the molecule is Cc1ccc(NC(=O)CCN2CCN(C=O)CC2)cc1Br. The van der Waals surface area contributed by atoms with Gasteiger partial charge in [0.1, 0.15) is 0 Å². The summed E-state index contributed by atoms with van der Waals surface area (Å²) in [6.07, 6.45) is 1.35. The van der Waals surface area contributed by atoms with E-state index in [2.05, 4.69) is 26.1 Å². The molecule has 1 aliphatic rings. The molecule has 1 fully saturated rings. The van der Waals surface area contributed by atoms with E-state index in [4.69, 9.17) is 0 Å². The van der Waals surface area contributed by atoms with Gasteiger partial charge in [-0.25, -0.2) is 0 Å². The normalized spacial score (nSPS) is 15.8. The molecule has 0 bridgehead atoms. The number of aryl methyl sites for hydroxylation is 1. The van der Waals surface area contributed by atoms with Crippen molar-refractivity contribution >= 4 is 33.9 Å². The second-order valence-electron chi connectivity index (χ2n) is 5.25. The van der Waals surface area contributed by atoms with E-state index < -0.39 is 0 Å². The van der Waals surface area contributed by atoms with Crippen LogP contribution in [0.3, 0.4) is 0 Å². The predicted molar refractivity (Wildman–Crippen MR) is 86.2 cm³/mol. The van der Waals surface area contributed by atoms with Crippen molar-refractivity contribution in [2.75, 3.05) is 38.0 Å². The zero-order valence-corrected chi connectivity index (χ0v) is 13.7. The van der Waals surface area contributed by atoms with Crippen molar-refractivity contribution in [2.24, 2.45) is 0 Å². The number of piperazine rings is 1. The Kier molecular flexibility index (Phi) is 5.76. The van der Waals surface area contributed by atoms with Crippen LogP contribution in [0, 0.1) is 6.92 Å². The first-order chi connectivity index (χ1) is 10.1. The molecule has 1 aliphatic heterocycles. The van der Waals surface area contributed by atoms with Gasteiger partial charge in [-0.3, -0.25) is 14.5 Å². The lowest BCUT2D eigenvalue weighted by molar-refractivity contribution is -0.120. The van der Waals surface area contributed by atoms with Gasteiger partial charge in [-0.2, -0.15) is 0 Å². The minimum Gasteiger partial charge on any atom is -0.343 e. The molecule has 0 spiro atoms. The fourth-order valence-corrected chi connectivity index (χ4v) is 2.62. The highest BCUT2D eigenvalue weighted by Gasteiger charge is 2.16. The summed E-state index contributed by atoms with van der Waals surface area (Å²) in [6, 6.07) is 5.79. The van der Waals surface area contributed by atoms with Gasteiger partial charge in [0.25, 0.3) is 0 Å². The van der Waals surface area contributed by atoms with Gasteiger partial charge in [0, 0.05) is 49.3 Å². The molecule has 0 unspecified atom stereocenters. The molecule has 0 aromatic heterocycles. The Labute approximate surface area is 133 Å². The molecule has 114 valence electrons. The number of amides is 2. The summed E-state index contributed by atoms with van der Waals surface area (Å²) in [5, 5.41) is 2.91. The Balaban J connectivity index is 1.75. The summed E-state index contributed by atoms with van der Waals surface area (Å²) in [5.74, 6) is 0.0172. The molecule has 6 heteroatoms. The van der Waals surface area contributed by atoms with Crippen LogP contribution in [0.1, 0.15) is 12.0 Å². The lowest BCUT2D eigenvalue weighted by atomic mass is 10.2. The molecule has 21 heavy (non-hydrogen) atoms. The van der Waals surface area contributed by atoms with E-state index in [1.807, 2.05) is 25.1 Å². The molecular weight excluding hydrogens is 334 g/mol. The maximum Gasteiger partial charge on any atom is 0.225 e. The van der Waals surface area contributed by atoms with E-state index in [0.29, 0.717) is 6.42 Å². The molecule has 1 aromatic carbocycles. The van der Waals surface area contributed by atoms with Crippen LogP contribution in [0.25, 0.3) is 0 Å². The summed E-state index contributed by atoms with van der Waals surface area (Å²) in [4.78, 5) is 26.6. The van der Waals surface area contributed by atoms with Crippen molar-refractivity contribution in [1.29, 1.82) is 0 Å². The van der Waals surface area contributed by atoms with E-state index in [9.17, 15) is 9.59 Å². The van der Waals surface area contributed by atoms with Gasteiger partial charge in [0.15, 0.2) is 0 Å². The van der Waals surface area contributed by atoms with Crippen molar-refractivity contribution in [3.63, 3.8) is 0 Å². The Bertz CT molecular complexity index is 514. The molecule has 2 amide bonds. The molecule has 1 saturated heterocycles. The van der Waals surface area contributed by atoms with Crippen LogP contribution >= 0.6 is 15.9 Å². The molecular formula is C15H20BrN3O2. The van der Waals surface area contributed by atoms with Crippen LogP contribution < -0.4 is 5.32 Å². The third kappa shape index (κ3) is 4.82. The van der Waals surface area contributed by atoms with Gasteiger partial charge < -0.3 is 10.2 Å². The molecule has 2 rings (SSSR count). The Hall–Kier alpha value is -1.40. The summed E-state index contributed by atoms with van der Waals surface area (Å²) >= 11 is 3.46. The van der Waals surface area contributed by atoms with Crippen molar-refractivity contribution in [2.45, 2.75) is 13.3 Å². The minimum atomic E-state index is 0.0172. The van der Waals surface area contributed by atoms with E-state index in [-0.39, 0.29) is 5.91 Å². The maximum atomic E-state index is 12.0. The fourth-order valence-electron chi connectivity index (χ4n) is 2.25. The topological polar surface area (TPSA) is 52.7 Å². The summed E-state index contributed by atoms with van der Waals surface area (Å²) in [7, 11) is 0. The quantitative estimate of drug-likeness (QED) is 0.822. The molecule has 1 N–H and O–H groups in total. The van der Waals surface area contributed by atoms with Crippen molar-refractivity contribution < 1.29 is 9.59 Å². The van der Waals surface area contributed by atoms with Crippen LogP contribution in [-0.2, 0) is 9.59 Å². The molecule has 0 aliphatic carbocycles. The highest BCUT2D eigenvalue weighted by molar-refractivity contribution is 9.10. The Morgan fingerprint density at radius 3 is 2.67 bits per heavy atom. The van der Waals surface area contributed by atoms with Crippen LogP contribution in [0.5, 0.6) is 0 Å². The maximum absolute atomic E-state index is 12.0. The third-order valence-corrected chi connectivity index (χ3v) is 4.52. The van der Waals surface area contributed by atoms with E-state index in [1.54, 1.807) is 4.90 Å². The van der Waals surface area contributed by atoms with E-state index in [0.717, 1.165) is 54.9 Å². The summed E-state index contributed by atoms with van der Waals surface area (Å²) < 4.78 is 0.991. The number of hydrogen-bond donors (Lipinski definition) is 1. The van der Waals surface area contributed by atoms with Gasteiger partial charge in [-0.1, -0.05) is 22.0 Å². The van der Waals surface area contributed by atoms with Gasteiger partial charge in [0.2, 0.25) is 12.3 Å². The van der Waals surface area contributed by atoms with Crippen molar-refractivity contribution in [1.82, 2.24) is 9.80 Å². The van der Waals surface area contributed by atoms with Crippen molar-refractivity contribution in [3.05, 3.63) is 28.2 Å². The predicted octanol–water partition coefficient (Wildman–Crippen LogP) is 1.86. The minimum absolute atomic E-state index is 0.0172.